The van der Waals surface area contributed by atoms with E-state index in [1.165, 1.54) is 19.9 Å². The Morgan fingerprint density at radius 3 is 2.62 bits per heavy atom. The Bertz CT molecular complexity index is 402. The lowest BCUT2D eigenvalue weighted by molar-refractivity contribution is 0.0512. The molecule has 0 saturated heterocycles. The van der Waals surface area contributed by atoms with Gasteiger partial charge in [-0.2, -0.15) is 0 Å². The Labute approximate surface area is 93.2 Å². The summed E-state index contributed by atoms with van der Waals surface area (Å²) in [6.07, 6.45) is -0.837. The average Bonchev–Trinajstić information content (AvgIpc) is 2.24. The van der Waals surface area contributed by atoms with E-state index >= 15 is 0 Å². The van der Waals surface area contributed by atoms with Crippen molar-refractivity contribution in [3.8, 4) is 0 Å². The zero-order valence-electron chi connectivity index (χ0n) is 9.51. The van der Waals surface area contributed by atoms with E-state index in [0.29, 0.717) is 6.61 Å². The molecule has 1 atom stereocenters. The first-order valence-corrected chi connectivity index (χ1v) is 5.09. The first-order chi connectivity index (χ1) is 7.49. The Morgan fingerprint density at radius 2 is 2.06 bits per heavy atom. The van der Waals surface area contributed by atoms with Gasteiger partial charge in [-0.05, 0) is 32.4 Å². The summed E-state index contributed by atoms with van der Waals surface area (Å²) in [5.41, 5.74) is -0.269. The zero-order valence-corrected chi connectivity index (χ0v) is 9.51. The van der Waals surface area contributed by atoms with E-state index in [9.17, 15) is 13.6 Å². The molecule has 16 heavy (non-hydrogen) atoms. The van der Waals surface area contributed by atoms with Crippen LogP contribution < -0.4 is 0 Å². The van der Waals surface area contributed by atoms with E-state index in [1.807, 2.05) is 0 Å². The Morgan fingerprint density at radius 1 is 1.44 bits per heavy atom. The molecule has 0 bridgehead atoms. The van der Waals surface area contributed by atoms with Crippen molar-refractivity contribution < 1.29 is 18.3 Å². The van der Waals surface area contributed by atoms with Crippen LogP contribution in [0.5, 0.6) is 0 Å². The minimum Gasteiger partial charge on any atom is -0.371 e. The summed E-state index contributed by atoms with van der Waals surface area (Å²) in [5, 5.41) is 0. The van der Waals surface area contributed by atoms with Crippen LogP contribution in [0.1, 0.15) is 29.8 Å². The fraction of sp³-hybridized carbons (Fsp3) is 0.417. The van der Waals surface area contributed by atoms with Crippen molar-refractivity contribution in [1.29, 1.82) is 0 Å². The number of halogens is 2. The van der Waals surface area contributed by atoms with E-state index in [1.54, 1.807) is 6.92 Å². The number of hydrogen-bond acceptors (Lipinski definition) is 2. The first kappa shape index (κ1) is 12.8. The van der Waals surface area contributed by atoms with Gasteiger partial charge < -0.3 is 4.74 Å². The van der Waals surface area contributed by atoms with Gasteiger partial charge >= 0.3 is 0 Å². The van der Waals surface area contributed by atoms with E-state index in [4.69, 9.17) is 4.74 Å². The molecule has 0 amide bonds. The van der Waals surface area contributed by atoms with Gasteiger partial charge in [0.15, 0.2) is 5.78 Å². The molecule has 0 N–H and O–H groups in total. The molecule has 0 aromatic heterocycles. The molecule has 4 heteroatoms. The number of benzene rings is 1. The SMILES string of the molecule is CCOC(C)C(=O)c1c(F)ccc(C)c1F. The fourth-order valence-corrected chi connectivity index (χ4v) is 1.41. The molecule has 0 saturated carbocycles. The van der Waals surface area contributed by atoms with Crippen LogP contribution in [0.15, 0.2) is 12.1 Å². The molecule has 88 valence electrons. The van der Waals surface area contributed by atoms with Gasteiger partial charge in [0, 0.05) is 6.61 Å². The average molecular weight is 228 g/mol. The van der Waals surface area contributed by atoms with Crippen LogP contribution in [-0.4, -0.2) is 18.5 Å². The standard InChI is InChI=1S/C12H14F2O2/c1-4-16-8(3)12(15)10-9(13)6-5-7(2)11(10)14/h5-6,8H,4H2,1-3H3. The summed E-state index contributed by atoms with van der Waals surface area (Å²) in [5.74, 6) is -2.32. The number of ketones is 1. The van der Waals surface area contributed by atoms with Gasteiger partial charge in [-0.25, -0.2) is 8.78 Å². The second-order valence-corrected chi connectivity index (χ2v) is 3.52. The summed E-state index contributed by atoms with van der Waals surface area (Å²) >= 11 is 0. The van der Waals surface area contributed by atoms with Crippen LogP contribution in [0, 0.1) is 18.6 Å². The molecule has 0 aliphatic carbocycles. The summed E-state index contributed by atoms with van der Waals surface area (Å²) in [6.45, 7) is 5.00. The van der Waals surface area contributed by atoms with Crippen LogP contribution in [0.3, 0.4) is 0 Å². The number of carbonyl (C=O) groups excluding carboxylic acids is 1. The predicted octanol–water partition coefficient (Wildman–Crippen LogP) is 2.88. The highest BCUT2D eigenvalue weighted by molar-refractivity contribution is 5.99. The zero-order chi connectivity index (χ0) is 12.3. The van der Waals surface area contributed by atoms with Crippen molar-refractivity contribution in [3.05, 3.63) is 34.9 Å². The highest BCUT2D eigenvalue weighted by atomic mass is 19.1. The maximum Gasteiger partial charge on any atom is 0.197 e. The minimum absolute atomic E-state index is 0.244. The highest BCUT2D eigenvalue weighted by Crippen LogP contribution is 2.18. The second kappa shape index (κ2) is 5.16. The van der Waals surface area contributed by atoms with Crippen LogP contribution in [0.4, 0.5) is 8.78 Å². The molecule has 0 aliphatic heterocycles. The summed E-state index contributed by atoms with van der Waals surface area (Å²) in [7, 11) is 0. The molecular formula is C12H14F2O2. The number of Topliss-reactive ketones (excluding diaryl/α,β-unsaturated/α-hetero) is 1. The summed E-state index contributed by atoms with van der Waals surface area (Å²) < 4.78 is 32.0. The maximum atomic E-state index is 13.6. The molecule has 0 aliphatic rings. The van der Waals surface area contributed by atoms with Crippen molar-refractivity contribution in [2.24, 2.45) is 0 Å². The second-order valence-electron chi connectivity index (χ2n) is 3.52. The molecule has 1 unspecified atom stereocenters. The molecule has 1 aromatic rings. The number of hydrogen-bond donors (Lipinski definition) is 0. The molecular weight excluding hydrogens is 214 g/mol. The third-order valence-corrected chi connectivity index (χ3v) is 2.32. The smallest absolute Gasteiger partial charge is 0.197 e. The third-order valence-electron chi connectivity index (χ3n) is 2.32. The predicted molar refractivity (Wildman–Crippen MR) is 56.5 cm³/mol. The Kier molecular flexibility index (Phi) is 4.12. The van der Waals surface area contributed by atoms with E-state index in [0.717, 1.165) is 6.07 Å². The number of rotatable bonds is 4. The lowest BCUT2D eigenvalue weighted by Gasteiger charge is -2.12. The Balaban J connectivity index is 3.12. The monoisotopic (exact) mass is 228 g/mol. The lowest BCUT2D eigenvalue weighted by Crippen LogP contribution is -2.23. The summed E-state index contributed by atoms with van der Waals surface area (Å²) in [4.78, 5) is 11.7. The van der Waals surface area contributed by atoms with Crippen molar-refractivity contribution in [1.82, 2.24) is 0 Å². The van der Waals surface area contributed by atoms with Gasteiger partial charge in [0.1, 0.15) is 17.7 Å². The third kappa shape index (κ3) is 2.44. The van der Waals surface area contributed by atoms with Crippen LogP contribution in [-0.2, 0) is 4.74 Å². The maximum absolute atomic E-state index is 13.6. The summed E-state index contributed by atoms with van der Waals surface area (Å²) in [6, 6.07) is 2.39. The van der Waals surface area contributed by atoms with Gasteiger partial charge in [-0.15, -0.1) is 0 Å². The van der Waals surface area contributed by atoms with E-state index in [-0.39, 0.29) is 5.56 Å². The van der Waals surface area contributed by atoms with E-state index in [2.05, 4.69) is 0 Å². The van der Waals surface area contributed by atoms with Crippen molar-refractivity contribution in [2.75, 3.05) is 6.61 Å². The molecule has 0 fully saturated rings. The first-order valence-electron chi connectivity index (χ1n) is 5.09. The quantitative estimate of drug-likeness (QED) is 0.741. The molecule has 0 heterocycles. The largest absolute Gasteiger partial charge is 0.371 e. The van der Waals surface area contributed by atoms with Gasteiger partial charge in [0.05, 0.1) is 5.56 Å². The molecule has 2 nitrogen and oxygen atoms in total. The molecule has 0 radical (unpaired) electrons. The van der Waals surface area contributed by atoms with Gasteiger partial charge in [0.2, 0.25) is 0 Å². The van der Waals surface area contributed by atoms with E-state index < -0.39 is 29.1 Å². The molecule has 0 spiro atoms. The van der Waals surface area contributed by atoms with Crippen LogP contribution in [0.25, 0.3) is 0 Å². The van der Waals surface area contributed by atoms with Crippen LogP contribution in [0.2, 0.25) is 0 Å². The highest BCUT2D eigenvalue weighted by Gasteiger charge is 2.23. The normalized spacial score (nSPS) is 12.6. The number of carbonyl (C=O) groups is 1. The Hall–Kier alpha value is -1.29. The van der Waals surface area contributed by atoms with Gasteiger partial charge in [0.25, 0.3) is 0 Å². The fourth-order valence-electron chi connectivity index (χ4n) is 1.41. The van der Waals surface area contributed by atoms with Crippen molar-refractivity contribution in [2.45, 2.75) is 26.9 Å². The van der Waals surface area contributed by atoms with Crippen molar-refractivity contribution >= 4 is 5.78 Å². The minimum atomic E-state index is -0.848. The molecule has 1 aromatic carbocycles. The number of aryl methyl sites for hydroxylation is 1. The van der Waals surface area contributed by atoms with Crippen LogP contribution >= 0.6 is 0 Å². The van der Waals surface area contributed by atoms with Gasteiger partial charge in [-0.3, -0.25) is 4.79 Å². The van der Waals surface area contributed by atoms with Gasteiger partial charge in [-0.1, -0.05) is 6.07 Å². The number of ether oxygens (including phenoxy) is 1. The van der Waals surface area contributed by atoms with Crippen molar-refractivity contribution in [3.63, 3.8) is 0 Å². The topological polar surface area (TPSA) is 26.3 Å². The molecule has 1 rings (SSSR count). The lowest BCUT2D eigenvalue weighted by atomic mass is 10.0.